The number of carbonyl (C=O) groups excluding carboxylic acids is 1. The smallest absolute Gasteiger partial charge is 0.245 e. The molecule has 0 atom stereocenters. The van der Waals surface area contributed by atoms with E-state index in [0.717, 1.165) is 15.0 Å². The van der Waals surface area contributed by atoms with Crippen molar-refractivity contribution >= 4 is 54.8 Å². The third-order valence-corrected chi connectivity index (χ3v) is 4.91. The van der Waals surface area contributed by atoms with E-state index in [4.69, 9.17) is 11.6 Å². The van der Waals surface area contributed by atoms with Gasteiger partial charge in [0.05, 0.1) is 17.0 Å². The second-order valence-electron chi connectivity index (χ2n) is 4.78. The number of rotatable bonds is 5. The van der Waals surface area contributed by atoms with Crippen molar-refractivity contribution in [3.63, 3.8) is 0 Å². The maximum atomic E-state index is 12.2. The Morgan fingerprint density at radius 3 is 2.35 bits per heavy atom. The highest BCUT2D eigenvalue weighted by atomic mass is 79.9. The highest BCUT2D eigenvalue weighted by Crippen LogP contribution is 2.27. The van der Waals surface area contributed by atoms with Crippen LogP contribution in [0.5, 0.6) is 0 Å². The highest BCUT2D eigenvalue weighted by Gasteiger charge is 2.22. The molecule has 0 aliphatic rings. The lowest BCUT2D eigenvalue weighted by atomic mass is 10.3. The lowest BCUT2D eigenvalue weighted by Gasteiger charge is -2.22. The predicted octanol–water partition coefficient (Wildman–Crippen LogP) is 3.51. The quantitative estimate of drug-likeness (QED) is 0.809. The zero-order valence-electron chi connectivity index (χ0n) is 12.2. The zero-order chi connectivity index (χ0) is 17.0. The van der Waals surface area contributed by atoms with E-state index in [2.05, 4.69) is 21.2 Å². The second kappa shape index (κ2) is 7.33. The number of sulfonamides is 1. The summed E-state index contributed by atoms with van der Waals surface area (Å²) in [6, 6.07) is 13.4. The Bertz CT molecular complexity index is 810. The Morgan fingerprint density at radius 1 is 1.17 bits per heavy atom. The monoisotopic (exact) mass is 416 g/mol. The number of carbonyl (C=O) groups is 1. The Hall–Kier alpha value is -1.57. The van der Waals surface area contributed by atoms with Gasteiger partial charge in [-0.25, -0.2) is 8.42 Å². The van der Waals surface area contributed by atoms with Crippen molar-refractivity contribution in [3.05, 3.63) is 58.0 Å². The summed E-state index contributed by atoms with van der Waals surface area (Å²) < 4.78 is 25.9. The fourth-order valence-electron chi connectivity index (χ4n) is 1.90. The van der Waals surface area contributed by atoms with Crippen molar-refractivity contribution in [1.82, 2.24) is 0 Å². The van der Waals surface area contributed by atoms with Gasteiger partial charge in [-0.2, -0.15) is 0 Å². The molecule has 0 unspecified atom stereocenters. The topological polar surface area (TPSA) is 66.5 Å². The van der Waals surface area contributed by atoms with Gasteiger partial charge in [-0.05, 0) is 36.4 Å². The standard InChI is InChI=1S/C15H14BrClN2O3S/c1-23(21,22)19(14-5-3-2-4-13(14)17)10-15(20)18-12-8-6-11(16)7-9-12/h2-9H,10H2,1H3,(H,18,20). The van der Waals surface area contributed by atoms with E-state index in [0.29, 0.717) is 5.69 Å². The van der Waals surface area contributed by atoms with Crippen LogP contribution in [0.1, 0.15) is 0 Å². The maximum absolute atomic E-state index is 12.2. The minimum absolute atomic E-state index is 0.259. The van der Waals surface area contributed by atoms with Gasteiger partial charge in [0.15, 0.2) is 0 Å². The van der Waals surface area contributed by atoms with Gasteiger partial charge in [0.2, 0.25) is 15.9 Å². The van der Waals surface area contributed by atoms with E-state index in [-0.39, 0.29) is 17.3 Å². The van der Waals surface area contributed by atoms with Crippen molar-refractivity contribution in [3.8, 4) is 0 Å². The molecule has 1 amide bonds. The number of halogens is 2. The molecule has 5 nitrogen and oxygen atoms in total. The molecule has 0 saturated carbocycles. The Morgan fingerprint density at radius 2 is 1.78 bits per heavy atom. The first kappa shape index (κ1) is 17.8. The van der Waals surface area contributed by atoms with Crippen molar-refractivity contribution in [2.24, 2.45) is 0 Å². The van der Waals surface area contributed by atoms with Gasteiger partial charge >= 0.3 is 0 Å². The number of hydrogen-bond donors (Lipinski definition) is 1. The minimum Gasteiger partial charge on any atom is -0.325 e. The fourth-order valence-corrected chi connectivity index (χ4v) is 3.32. The van der Waals surface area contributed by atoms with E-state index in [1.54, 1.807) is 48.5 Å². The first-order chi connectivity index (χ1) is 10.8. The van der Waals surface area contributed by atoms with Gasteiger partial charge in [0, 0.05) is 10.2 Å². The molecule has 0 fully saturated rings. The number of hydrogen-bond acceptors (Lipinski definition) is 3. The second-order valence-corrected chi connectivity index (χ2v) is 8.01. The van der Waals surface area contributed by atoms with Crippen LogP contribution in [0.25, 0.3) is 0 Å². The zero-order valence-corrected chi connectivity index (χ0v) is 15.3. The van der Waals surface area contributed by atoms with Gasteiger partial charge in [0.1, 0.15) is 6.54 Å². The molecule has 122 valence electrons. The normalized spacial score (nSPS) is 11.1. The molecule has 8 heteroatoms. The average molecular weight is 418 g/mol. The lowest BCUT2D eigenvalue weighted by Crippen LogP contribution is -2.37. The third kappa shape index (κ3) is 4.95. The van der Waals surface area contributed by atoms with Crippen LogP contribution in [0.2, 0.25) is 5.02 Å². The summed E-state index contributed by atoms with van der Waals surface area (Å²) in [5.74, 6) is -0.460. The number of para-hydroxylation sites is 1. The number of nitrogens with zero attached hydrogens (tertiary/aromatic N) is 1. The Balaban J connectivity index is 2.20. The van der Waals surface area contributed by atoms with E-state index in [1.165, 1.54) is 0 Å². The fraction of sp³-hybridized carbons (Fsp3) is 0.133. The number of amides is 1. The van der Waals surface area contributed by atoms with Crippen LogP contribution in [-0.2, 0) is 14.8 Å². The average Bonchev–Trinajstić information content (AvgIpc) is 2.47. The molecule has 0 aromatic heterocycles. The minimum atomic E-state index is -3.65. The molecule has 2 rings (SSSR count). The van der Waals surface area contributed by atoms with Crippen molar-refractivity contribution in [2.75, 3.05) is 22.4 Å². The van der Waals surface area contributed by atoms with Crippen LogP contribution < -0.4 is 9.62 Å². The largest absolute Gasteiger partial charge is 0.325 e. The SMILES string of the molecule is CS(=O)(=O)N(CC(=O)Nc1ccc(Br)cc1)c1ccccc1Cl. The van der Waals surface area contributed by atoms with E-state index >= 15 is 0 Å². The molecule has 23 heavy (non-hydrogen) atoms. The van der Waals surface area contributed by atoms with E-state index in [1.807, 2.05) is 0 Å². The highest BCUT2D eigenvalue weighted by molar-refractivity contribution is 9.10. The number of benzene rings is 2. The van der Waals surface area contributed by atoms with Crippen molar-refractivity contribution in [2.45, 2.75) is 0 Å². The summed E-state index contributed by atoms with van der Waals surface area (Å²) in [6.45, 7) is -0.362. The summed E-state index contributed by atoms with van der Waals surface area (Å²) in [5, 5.41) is 2.91. The van der Waals surface area contributed by atoms with Crippen molar-refractivity contribution < 1.29 is 13.2 Å². The number of anilines is 2. The van der Waals surface area contributed by atoms with Gasteiger partial charge in [-0.15, -0.1) is 0 Å². The summed E-state index contributed by atoms with van der Waals surface area (Å²) in [5.41, 5.74) is 0.841. The molecule has 0 aliphatic carbocycles. The van der Waals surface area contributed by atoms with Gasteiger partial charge in [0.25, 0.3) is 0 Å². The molecule has 0 spiro atoms. The molecule has 0 bridgehead atoms. The molecule has 0 heterocycles. The molecular formula is C15H14BrClN2O3S. The molecule has 0 radical (unpaired) electrons. The van der Waals surface area contributed by atoms with E-state index in [9.17, 15) is 13.2 Å². The predicted molar refractivity (Wildman–Crippen MR) is 96.4 cm³/mol. The first-order valence-corrected chi connectivity index (χ1v) is 9.57. The summed E-state index contributed by atoms with van der Waals surface area (Å²) in [7, 11) is -3.65. The van der Waals surface area contributed by atoms with E-state index < -0.39 is 15.9 Å². The summed E-state index contributed by atoms with van der Waals surface area (Å²) in [4.78, 5) is 12.2. The molecule has 0 aliphatic heterocycles. The summed E-state index contributed by atoms with van der Waals surface area (Å²) >= 11 is 9.34. The van der Waals surface area contributed by atoms with Crippen LogP contribution in [0.4, 0.5) is 11.4 Å². The van der Waals surface area contributed by atoms with Crippen LogP contribution in [0.15, 0.2) is 53.0 Å². The number of nitrogens with one attached hydrogen (secondary N) is 1. The third-order valence-electron chi connectivity index (χ3n) is 2.94. The van der Waals surface area contributed by atoms with Crippen LogP contribution in [0, 0.1) is 0 Å². The van der Waals surface area contributed by atoms with Crippen molar-refractivity contribution in [1.29, 1.82) is 0 Å². The molecular weight excluding hydrogens is 404 g/mol. The Labute approximate surface area is 148 Å². The van der Waals surface area contributed by atoms with Gasteiger partial charge in [-0.1, -0.05) is 39.7 Å². The summed E-state index contributed by atoms with van der Waals surface area (Å²) in [6.07, 6.45) is 1.03. The lowest BCUT2D eigenvalue weighted by molar-refractivity contribution is -0.114. The Kier molecular flexibility index (Phi) is 5.67. The van der Waals surface area contributed by atoms with Crippen LogP contribution in [0.3, 0.4) is 0 Å². The van der Waals surface area contributed by atoms with Gasteiger partial charge in [-0.3, -0.25) is 9.10 Å². The molecule has 0 saturated heterocycles. The molecule has 1 N–H and O–H groups in total. The first-order valence-electron chi connectivity index (χ1n) is 6.55. The van der Waals surface area contributed by atoms with Crippen LogP contribution >= 0.6 is 27.5 Å². The molecule has 2 aromatic carbocycles. The molecule has 2 aromatic rings. The van der Waals surface area contributed by atoms with Gasteiger partial charge < -0.3 is 5.32 Å². The van der Waals surface area contributed by atoms with Crippen LogP contribution in [-0.4, -0.2) is 27.1 Å². The maximum Gasteiger partial charge on any atom is 0.245 e.